The summed E-state index contributed by atoms with van der Waals surface area (Å²) >= 11 is 0. The summed E-state index contributed by atoms with van der Waals surface area (Å²) in [7, 11) is 0. The van der Waals surface area contributed by atoms with E-state index in [0.717, 1.165) is 66.3 Å². The van der Waals surface area contributed by atoms with Crippen molar-refractivity contribution in [3.63, 3.8) is 0 Å². The van der Waals surface area contributed by atoms with Crippen molar-refractivity contribution < 1.29 is 68.1 Å². The largest absolute Gasteiger partial charge is 0.512 e. The van der Waals surface area contributed by atoms with Crippen LogP contribution in [0.3, 0.4) is 0 Å². The van der Waals surface area contributed by atoms with E-state index in [4.69, 9.17) is 24.7 Å². The monoisotopic (exact) mass is 1660 g/mol. The number of ketones is 1. The fourth-order valence-corrected chi connectivity index (χ4v) is 16.3. The normalized spacial score (nSPS) is 15.8. The number of Topliss-reactive ketones (excluding diaryl/α,β-unsaturated/α-hetero) is 1. The van der Waals surface area contributed by atoms with E-state index in [2.05, 4.69) is 48.5 Å². The molecule has 0 aliphatic carbocycles. The highest BCUT2D eigenvalue weighted by Gasteiger charge is 2.46. The van der Waals surface area contributed by atoms with E-state index in [0.29, 0.717) is 106 Å². The van der Waals surface area contributed by atoms with E-state index in [-0.39, 0.29) is 64.8 Å². The van der Waals surface area contributed by atoms with Gasteiger partial charge in [0.05, 0.1) is 33.5 Å². The zero-order valence-corrected chi connectivity index (χ0v) is 69.4. The second kappa shape index (κ2) is 43.4. The minimum Gasteiger partial charge on any atom is -0.512 e. The Kier molecular flexibility index (Phi) is 31.2. The van der Waals surface area contributed by atoms with Crippen molar-refractivity contribution in [3.05, 3.63) is 437 Å². The number of aryl methyl sites for hydroxylation is 8. The van der Waals surface area contributed by atoms with Gasteiger partial charge in [-0.05, 0) is 182 Å². The Balaban J connectivity index is 0.000000152. The number of nitro groups is 2. The Morgan fingerprint density at radius 1 is 0.323 bits per heavy atom. The van der Waals surface area contributed by atoms with Gasteiger partial charge in [0.2, 0.25) is 0 Å². The van der Waals surface area contributed by atoms with Crippen LogP contribution in [0.2, 0.25) is 0 Å². The number of anilines is 1. The van der Waals surface area contributed by atoms with Crippen LogP contribution in [0.15, 0.2) is 356 Å². The number of non-ortho nitro benzene ring substituents is 2. The molecule has 0 spiro atoms. The number of benzene rings is 11. The van der Waals surface area contributed by atoms with Crippen molar-refractivity contribution >= 4 is 52.8 Å². The van der Waals surface area contributed by atoms with E-state index in [9.17, 15) is 59.5 Å². The number of ether oxygens (including phenoxy) is 4. The van der Waals surface area contributed by atoms with Crippen LogP contribution in [0.25, 0.3) is 6.08 Å². The first-order valence-corrected chi connectivity index (χ1v) is 42.1. The van der Waals surface area contributed by atoms with E-state index in [1.807, 2.05) is 212 Å². The number of hydrogen-bond donors (Lipinski definition) is 4. The number of cyclic esters (lactones) is 4. The number of nitrogen functional groups attached to an aromatic ring is 1. The zero-order valence-electron chi connectivity index (χ0n) is 69.4. The van der Waals surface area contributed by atoms with Crippen molar-refractivity contribution in [1.82, 2.24) is 0 Å². The number of aliphatic hydroxyl groups is 3. The molecule has 15 rings (SSSR count). The molecule has 1 fully saturated rings. The van der Waals surface area contributed by atoms with Crippen LogP contribution in [0, 0.1) is 20.2 Å². The van der Waals surface area contributed by atoms with E-state index in [1.54, 1.807) is 24.3 Å². The van der Waals surface area contributed by atoms with Crippen LogP contribution in [-0.2, 0) is 107 Å². The zero-order chi connectivity index (χ0) is 87.2. The molecule has 0 atom stereocenters. The summed E-state index contributed by atoms with van der Waals surface area (Å²) in [4.78, 5) is 85.4. The van der Waals surface area contributed by atoms with Gasteiger partial charge in [0.1, 0.15) is 45.3 Å². The molecule has 0 radical (unpaired) electrons. The minimum absolute atomic E-state index is 0.00359. The topological polar surface area (TPSA) is 295 Å². The summed E-state index contributed by atoms with van der Waals surface area (Å²) in [5.74, 6) is -2.16. The maximum Gasteiger partial charge on any atom is 0.342 e. The number of aliphatic hydroxyl groups excluding tert-OH is 3. The summed E-state index contributed by atoms with van der Waals surface area (Å²) in [6, 6.07) is 99.8. The van der Waals surface area contributed by atoms with Crippen LogP contribution in [0.1, 0.15) is 138 Å². The van der Waals surface area contributed by atoms with Gasteiger partial charge in [-0.1, -0.05) is 279 Å². The van der Waals surface area contributed by atoms with Gasteiger partial charge in [-0.15, -0.1) is 0 Å². The van der Waals surface area contributed by atoms with Gasteiger partial charge >= 0.3 is 23.9 Å². The first-order chi connectivity index (χ1) is 60.1. The maximum atomic E-state index is 13.2. The molecular formula is C105H103N3O16. The first kappa shape index (κ1) is 89.2. The molecule has 634 valence electrons. The molecular weight excluding hydrogens is 1560 g/mol. The Labute approximate surface area is 723 Å². The van der Waals surface area contributed by atoms with Crippen LogP contribution >= 0.6 is 0 Å². The fourth-order valence-electron chi connectivity index (χ4n) is 16.3. The maximum absolute atomic E-state index is 13.2. The molecule has 4 aliphatic heterocycles. The number of rotatable bonds is 31. The van der Waals surface area contributed by atoms with Crippen molar-refractivity contribution in [2.75, 3.05) is 5.73 Å². The fraction of sp³-hybridized carbons (Fsp3) is 0.248. The van der Waals surface area contributed by atoms with Gasteiger partial charge in [-0.2, -0.15) is 0 Å². The standard InChI is InChI=1S/C28H27NO5.C28H25NO5.C28H29NO3.C21H22O3/c2*30-26-20-28(16-14-21-8-3-1-4-9-21,17-15-22-10-5-2-6-11-22)34-27(31)25(26)19-23-12-7-13-24(18-23)29(32)33;29-24-13-7-12-23(18-24)19-25-26(30)20-28(32-27(25)31,16-14-21-8-3-1-4-9-21)17-15-22-10-5-2-6-11-22;22-19-15-20(23)24-21(16-19,13-11-17-7-3-1-4-8-17)14-12-18-9-5-2-6-10-18/h1-13,18,30H,14-17,19-20H2;1-13,18-19H,14-17,20H2;1-13,18,30H,14-17,19-20,29H2;1-10,15,22H,11-14,16H2. The Bertz CT molecular complexity index is 5290. The van der Waals surface area contributed by atoms with Gasteiger partial charge in [-0.3, -0.25) is 25.0 Å². The van der Waals surface area contributed by atoms with Crippen LogP contribution in [0.4, 0.5) is 17.1 Å². The van der Waals surface area contributed by atoms with Gasteiger partial charge < -0.3 is 40.0 Å². The molecule has 4 aliphatic rings. The molecule has 5 N–H and O–H groups in total. The molecule has 4 heterocycles. The predicted octanol–water partition coefficient (Wildman–Crippen LogP) is 21.4. The number of nitrogens with two attached hydrogens (primary N) is 1. The van der Waals surface area contributed by atoms with E-state index < -0.39 is 56.1 Å². The molecule has 11 aromatic carbocycles. The predicted molar refractivity (Wildman–Crippen MR) is 479 cm³/mol. The molecule has 19 heteroatoms. The second-order valence-electron chi connectivity index (χ2n) is 32.3. The molecule has 19 nitrogen and oxygen atoms in total. The number of carbonyl (C=O) groups excluding carboxylic acids is 5. The lowest BCUT2D eigenvalue weighted by molar-refractivity contribution is -0.385. The Hall–Kier alpha value is -14.1. The van der Waals surface area contributed by atoms with Gasteiger partial charge in [0.15, 0.2) is 5.78 Å². The third-order valence-electron chi connectivity index (χ3n) is 23.1. The highest BCUT2D eigenvalue weighted by molar-refractivity contribution is 6.22. The van der Waals surface area contributed by atoms with Crippen LogP contribution in [0.5, 0.6) is 0 Å². The average molecular weight is 1660 g/mol. The lowest BCUT2D eigenvalue weighted by atomic mass is 9.81. The van der Waals surface area contributed by atoms with Gasteiger partial charge in [-0.25, -0.2) is 19.2 Å². The molecule has 0 aromatic heterocycles. The lowest BCUT2D eigenvalue weighted by Crippen LogP contribution is -2.44. The molecule has 0 saturated carbocycles. The number of nitrogens with zero attached hydrogens (tertiary/aromatic N) is 2. The summed E-state index contributed by atoms with van der Waals surface area (Å²) in [6.07, 6.45) is 14.9. The number of carbonyl (C=O) groups is 5. The summed E-state index contributed by atoms with van der Waals surface area (Å²) in [5.41, 5.74) is 14.8. The lowest BCUT2D eigenvalue weighted by Gasteiger charge is -2.37. The first-order valence-electron chi connectivity index (χ1n) is 42.1. The van der Waals surface area contributed by atoms with Gasteiger partial charge in [0.25, 0.3) is 11.4 Å². The number of hydrogen-bond acceptors (Lipinski definition) is 17. The second-order valence-corrected chi connectivity index (χ2v) is 32.3. The van der Waals surface area contributed by atoms with Crippen molar-refractivity contribution in [3.8, 4) is 0 Å². The third kappa shape index (κ3) is 26.5. The van der Waals surface area contributed by atoms with Crippen molar-refractivity contribution in [2.45, 2.75) is 164 Å². The summed E-state index contributed by atoms with van der Waals surface area (Å²) in [6.45, 7) is 0. The molecule has 0 amide bonds. The molecule has 0 unspecified atom stereocenters. The average Bonchev–Trinajstić information content (AvgIpc) is 0.799. The molecule has 0 bridgehead atoms. The third-order valence-corrected chi connectivity index (χ3v) is 23.1. The molecule has 1 saturated heterocycles. The Morgan fingerprint density at radius 2 is 0.605 bits per heavy atom. The summed E-state index contributed by atoms with van der Waals surface area (Å²) in [5, 5.41) is 54.0. The highest BCUT2D eigenvalue weighted by Crippen LogP contribution is 2.42. The van der Waals surface area contributed by atoms with Crippen LogP contribution < -0.4 is 5.73 Å². The number of nitro benzene ring substituents is 2. The van der Waals surface area contributed by atoms with Crippen molar-refractivity contribution in [1.29, 1.82) is 0 Å². The minimum atomic E-state index is -0.903. The summed E-state index contributed by atoms with van der Waals surface area (Å²) < 4.78 is 23.9. The Morgan fingerprint density at radius 3 is 0.911 bits per heavy atom. The van der Waals surface area contributed by atoms with E-state index >= 15 is 0 Å². The van der Waals surface area contributed by atoms with Crippen molar-refractivity contribution in [2.24, 2.45) is 0 Å². The van der Waals surface area contributed by atoms with E-state index in [1.165, 1.54) is 64.7 Å². The van der Waals surface area contributed by atoms with Crippen LogP contribution in [-0.4, -0.2) is 77.2 Å². The molecule has 124 heavy (non-hydrogen) atoms. The number of esters is 4. The quantitative estimate of drug-likeness (QED) is 0.00597. The van der Waals surface area contributed by atoms with Gasteiger partial charge in [0, 0.05) is 62.1 Å². The SMILES string of the molecule is Nc1cccc(CC2=C(O)CC(CCc3ccccc3)(CCc3ccccc3)OC2=O)c1.O=C1C=C(O)CC(CCc2ccccc2)(CCc2ccccc2)O1.O=C1CC(CCc2ccccc2)(CCc2ccccc2)OC(=O)C1=Cc1cccc([N+](=O)[O-])c1.O=C1OC(CCc2ccccc2)(CCc2ccccc2)CC(O)=C1Cc1cccc([N+](=O)[O-])c1. The smallest absolute Gasteiger partial charge is 0.342 e. The molecule has 11 aromatic rings. The highest BCUT2D eigenvalue weighted by atomic mass is 16.6.